The van der Waals surface area contributed by atoms with Gasteiger partial charge in [0.25, 0.3) is 5.91 Å². The van der Waals surface area contributed by atoms with Gasteiger partial charge in [0.2, 0.25) is 0 Å². The zero-order valence-electron chi connectivity index (χ0n) is 12.0. The summed E-state index contributed by atoms with van der Waals surface area (Å²) in [5.74, 6) is 0.125. The van der Waals surface area contributed by atoms with Gasteiger partial charge in [0, 0.05) is 0 Å². The molecule has 2 aromatic carbocycles. The van der Waals surface area contributed by atoms with Gasteiger partial charge in [0.05, 0.1) is 0 Å². The summed E-state index contributed by atoms with van der Waals surface area (Å²) in [6.45, 7) is 0.336. The van der Waals surface area contributed by atoms with Crippen LogP contribution < -0.4 is 15.4 Å². The quantitative estimate of drug-likeness (QED) is 0.669. The first-order chi connectivity index (χ1) is 11.1. The van der Waals surface area contributed by atoms with E-state index in [-0.39, 0.29) is 11.7 Å². The van der Waals surface area contributed by atoms with Crippen LogP contribution in [0.2, 0.25) is 0 Å². The molecule has 23 heavy (non-hydrogen) atoms. The molecule has 1 saturated heterocycles. The van der Waals surface area contributed by atoms with Crippen molar-refractivity contribution >= 4 is 29.3 Å². The second kappa shape index (κ2) is 6.58. The molecule has 0 radical (unpaired) electrons. The van der Waals surface area contributed by atoms with E-state index in [2.05, 4.69) is 10.6 Å². The highest BCUT2D eigenvalue weighted by Crippen LogP contribution is 2.18. The van der Waals surface area contributed by atoms with Gasteiger partial charge >= 0.3 is 0 Å². The number of amides is 1. The number of rotatable bonds is 4. The van der Waals surface area contributed by atoms with Crippen LogP contribution >= 0.6 is 12.2 Å². The Bertz CT molecular complexity index is 787. The van der Waals surface area contributed by atoms with Crippen molar-refractivity contribution in [1.29, 1.82) is 0 Å². The molecular formula is C17H13FN2O2S. The third-order valence-electron chi connectivity index (χ3n) is 3.21. The minimum Gasteiger partial charge on any atom is -0.489 e. The Morgan fingerprint density at radius 3 is 2.61 bits per heavy atom. The van der Waals surface area contributed by atoms with Gasteiger partial charge in [-0.25, -0.2) is 4.39 Å². The third kappa shape index (κ3) is 3.92. The lowest BCUT2D eigenvalue weighted by atomic mass is 10.2. The van der Waals surface area contributed by atoms with Gasteiger partial charge in [-0.05, 0) is 53.7 Å². The fraction of sp³-hybridized carbons (Fsp3) is 0.0588. The highest BCUT2D eigenvalue weighted by Gasteiger charge is 2.19. The minimum atomic E-state index is -0.275. The van der Waals surface area contributed by atoms with Crippen molar-refractivity contribution in [2.24, 2.45) is 0 Å². The second-order valence-electron chi connectivity index (χ2n) is 4.95. The second-order valence-corrected chi connectivity index (χ2v) is 5.36. The number of halogens is 1. The lowest BCUT2D eigenvalue weighted by molar-refractivity contribution is -0.115. The molecule has 4 nitrogen and oxygen atoms in total. The van der Waals surface area contributed by atoms with Crippen LogP contribution in [0.4, 0.5) is 4.39 Å². The lowest BCUT2D eigenvalue weighted by Crippen LogP contribution is -2.21. The summed E-state index contributed by atoms with van der Waals surface area (Å²) >= 11 is 4.88. The van der Waals surface area contributed by atoms with Crippen LogP contribution in [0, 0.1) is 5.82 Å². The highest BCUT2D eigenvalue weighted by atomic mass is 32.1. The van der Waals surface area contributed by atoms with Gasteiger partial charge in [-0.2, -0.15) is 0 Å². The van der Waals surface area contributed by atoms with Crippen LogP contribution in [-0.2, 0) is 11.4 Å². The van der Waals surface area contributed by atoms with E-state index < -0.39 is 0 Å². The van der Waals surface area contributed by atoms with Crippen molar-refractivity contribution in [2.75, 3.05) is 0 Å². The lowest BCUT2D eigenvalue weighted by Gasteiger charge is -2.07. The summed E-state index contributed by atoms with van der Waals surface area (Å²) in [6, 6.07) is 13.5. The Balaban J connectivity index is 1.70. The fourth-order valence-corrected chi connectivity index (χ4v) is 2.29. The number of carbonyl (C=O) groups excluding carboxylic acids is 1. The molecule has 0 unspecified atom stereocenters. The molecule has 2 N–H and O–H groups in total. The highest BCUT2D eigenvalue weighted by molar-refractivity contribution is 7.80. The maximum Gasteiger partial charge on any atom is 0.273 e. The van der Waals surface area contributed by atoms with E-state index >= 15 is 0 Å². The van der Waals surface area contributed by atoms with Crippen molar-refractivity contribution in [3.8, 4) is 5.75 Å². The summed E-state index contributed by atoms with van der Waals surface area (Å²) < 4.78 is 18.5. The van der Waals surface area contributed by atoms with E-state index in [0.717, 1.165) is 11.1 Å². The number of hydrogen-bond donors (Lipinski definition) is 2. The van der Waals surface area contributed by atoms with E-state index in [1.807, 2.05) is 24.3 Å². The molecule has 3 rings (SSSR count). The van der Waals surface area contributed by atoms with Crippen LogP contribution in [0.1, 0.15) is 11.1 Å². The average Bonchev–Trinajstić information content (AvgIpc) is 2.85. The standard InChI is InChI=1S/C17H13FN2O2S/c18-13-6-4-11(5-7-13)10-22-14-3-1-2-12(8-14)9-15-16(21)20-17(23)19-15/h1-9H,10H2,(H2,19,20,21,23)/b15-9-. The topological polar surface area (TPSA) is 50.4 Å². The van der Waals surface area contributed by atoms with E-state index in [1.54, 1.807) is 18.2 Å². The Morgan fingerprint density at radius 1 is 1.13 bits per heavy atom. The average molecular weight is 328 g/mol. The van der Waals surface area contributed by atoms with Crippen LogP contribution in [0.3, 0.4) is 0 Å². The van der Waals surface area contributed by atoms with Gasteiger partial charge in [0.1, 0.15) is 23.9 Å². The molecule has 1 aliphatic rings. The molecule has 0 aliphatic carbocycles. The largest absolute Gasteiger partial charge is 0.489 e. The van der Waals surface area contributed by atoms with Crippen LogP contribution in [0.25, 0.3) is 6.08 Å². The number of ether oxygens (including phenoxy) is 1. The number of thiocarbonyl (C=S) groups is 1. The monoisotopic (exact) mass is 328 g/mol. The van der Waals surface area contributed by atoms with E-state index in [0.29, 0.717) is 23.2 Å². The Labute approximate surface area is 138 Å². The summed E-state index contributed by atoms with van der Waals surface area (Å²) in [7, 11) is 0. The van der Waals surface area contributed by atoms with Crippen molar-refractivity contribution < 1.29 is 13.9 Å². The van der Waals surface area contributed by atoms with E-state index in [1.165, 1.54) is 12.1 Å². The van der Waals surface area contributed by atoms with Gasteiger partial charge in [0.15, 0.2) is 5.11 Å². The van der Waals surface area contributed by atoms with Gasteiger partial charge in [-0.15, -0.1) is 0 Å². The van der Waals surface area contributed by atoms with Gasteiger partial charge in [-0.3, -0.25) is 10.1 Å². The van der Waals surface area contributed by atoms with Gasteiger partial charge in [-0.1, -0.05) is 24.3 Å². The molecule has 2 aromatic rings. The summed E-state index contributed by atoms with van der Waals surface area (Å²) in [5, 5.41) is 5.59. The first-order valence-corrected chi connectivity index (χ1v) is 7.32. The number of benzene rings is 2. The third-order valence-corrected chi connectivity index (χ3v) is 3.41. The zero-order valence-corrected chi connectivity index (χ0v) is 12.8. The molecule has 6 heteroatoms. The van der Waals surface area contributed by atoms with Crippen molar-refractivity contribution in [2.45, 2.75) is 6.61 Å². The Morgan fingerprint density at radius 2 is 1.91 bits per heavy atom. The van der Waals surface area contributed by atoms with Crippen molar-refractivity contribution in [3.05, 3.63) is 71.2 Å². The molecule has 0 aromatic heterocycles. The van der Waals surface area contributed by atoms with Gasteiger partial charge < -0.3 is 10.1 Å². The molecule has 1 amide bonds. The molecule has 1 heterocycles. The molecular weight excluding hydrogens is 315 g/mol. The predicted octanol–water partition coefficient (Wildman–Crippen LogP) is 2.75. The van der Waals surface area contributed by atoms with E-state index in [4.69, 9.17) is 17.0 Å². The molecule has 0 spiro atoms. The van der Waals surface area contributed by atoms with E-state index in [9.17, 15) is 9.18 Å². The fourth-order valence-electron chi connectivity index (χ4n) is 2.09. The first-order valence-electron chi connectivity index (χ1n) is 6.91. The number of carbonyl (C=O) groups is 1. The normalized spacial score (nSPS) is 15.4. The van der Waals surface area contributed by atoms with Crippen molar-refractivity contribution in [1.82, 2.24) is 10.6 Å². The maximum atomic E-state index is 12.9. The number of nitrogens with one attached hydrogen (secondary N) is 2. The Kier molecular flexibility index (Phi) is 4.34. The maximum absolute atomic E-state index is 12.9. The summed E-state index contributed by atoms with van der Waals surface area (Å²) in [5.41, 5.74) is 2.08. The number of hydrogen-bond acceptors (Lipinski definition) is 3. The summed E-state index contributed by atoms with van der Waals surface area (Å²) in [6.07, 6.45) is 1.69. The molecule has 116 valence electrons. The molecule has 0 atom stereocenters. The molecule has 1 aliphatic heterocycles. The SMILES string of the molecule is O=C1NC(=S)N/C1=C\c1cccc(OCc2ccc(F)cc2)c1. The van der Waals surface area contributed by atoms with Crippen LogP contribution in [-0.4, -0.2) is 11.0 Å². The minimum absolute atomic E-state index is 0.257. The van der Waals surface area contributed by atoms with Crippen LogP contribution in [0.5, 0.6) is 5.75 Å². The smallest absolute Gasteiger partial charge is 0.273 e. The Hall–Kier alpha value is -2.73. The molecule has 1 fully saturated rings. The molecule has 0 bridgehead atoms. The first kappa shape index (κ1) is 15.2. The van der Waals surface area contributed by atoms with Crippen LogP contribution in [0.15, 0.2) is 54.2 Å². The summed E-state index contributed by atoms with van der Waals surface area (Å²) in [4.78, 5) is 11.6. The molecule has 0 saturated carbocycles. The zero-order chi connectivity index (χ0) is 16.2. The predicted molar refractivity (Wildman–Crippen MR) is 89.0 cm³/mol. The van der Waals surface area contributed by atoms with Crippen molar-refractivity contribution in [3.63, 3.8) is 0 Å².